The van der Waals surface area contributed by atoms with Crippen molar-refractivity contribution in [3.63, 3.8) is 0 Å². The van der Waals surface area contributed by atoms with Crippen molar-refractivity contribution in [1.82, 2.24) is 0 Å². The minimum Gasteiger partial charge on any atom is -0.493 e. The van der Waals surface area contributed by atoms with Crippen LogP contribution in [0.15, 0.2) is 12.1 Å². The molecule has 19 heavy (non-hydrogen) atoms. The van der Waals surface area contributed by atoms with E-state index in [4.69, 9.17) is 31.5 Å². The van der Waals surface area contributed by atoms with Crippen molar-refractivity contribution in [2.75, 3.05) is 26.9 Å². The highest BCUT2D eigenvalue weighted by atomic mass is 35.5. The number of nitrogens with two attached hydrogens (primary N) is 1. The molecule has 106 valence electrons. The minimum atomic E-state index is 0.375. The third-order valence-corrected chi connectivity index (χ3v) is 3.56. The largest absolute Gasteiger partial charge is 0.493 e. The molecule has 2 N–H and O–H groups in total. The average molecular weight is 286 g/mol. The first-order chi connectivity index (χ1) is 9.24. The molecule has 0 aliphatic carbocycles. The molecule has 4 nitrogen and oxygen atoms in total. The molecular weight excluding hydrogens is 266 g/mol. The molecule has 1 saturated heterocycles. The molecule has 2 rings (SSSR count). The van der Waals surface area contributed by atoms with Gasteiger partial charge >= 0.3 is 0 Å². The Balaban J connectivity index is 2.09. The quantitative estimate of drug-likeness (QED) is 0.903. The summed E-state index contributed by atoms with van der Waals surface area (Å²) in [6.07, 6.45) is 2.07. The lowest BCUT2D eigenvalue weighted by atomic mass is 10.0. The lowest BCUT2D eigenvalue weighted by molar-refractivity contribution is 0.0492. The Kier molecular flexibility index (Phi) is 5.31. The zero-order valence-corrected chi connectivity index (χ0v) is 11.9. The van der Waals surface area contributed by atoms with Crippen LogP contribution in [0.3, 0.4) is 0 Å². The Morgan fingerprint density at radius 1 is 1.37 bits per heavy atom. The lowest BCUT2D eigenvalue weighted by Gasteiger charge is -2.23. The molecule has 1 fully saturated rings. The predicted octanol–water partition coefficient (Wildman–Crippen LogP) is 2.61. The van der Waals surface area contributed by atoms with Crippen molar-refractivity contribution < 1.29 is 14.2 Å². The average Bonchev–Trinajstić information content (AvgIpc) is 2.46. The highest BCUT2D eigenvalue weighted by molar-refractivity contribution is 6.30. The SMILES string of the molecule is COc1cc(Cl)cc(CN)c1OCC1CCOCC1. The summed E-state index contributed by atoms with van der Waals surface area (Å²) in [7, 11) is 1.60. The van der Waals surface area contributed by atoms with Crippen molar-refractivity contribution >= 4 is 11.6 Å². The van der Waals surface area contributed by atoms with E-state index < -0.39 is 0 Å². The molecule has 0 amide bonds. The van der Waals surface area contributed by atoms with Crippen LogP contribution in [0.5, 0.6) is 11.5 Å². The van der Waals surface area contributed by atoms with Gasteiger partial charge in [0, 0.05) is 36.4 Å². The van der Waals surface area contributed by atoms with E-state index in [1.165, 1.54) is 0 Å². The zero-order valence-electron chi connectivity index (χ0n) is 11.2. The molecule has 0 spiro atoms. The summed E-state index contributed by atoms with van der Waals surface area (Å²) in [6.45, 7) is 2.67. The number of methoxy groups -OCH3 is 1. The summed E-state index contributed by atoms with van der Waals surface area (Å²) >= 11 is 6.02. The van der Waals surface area contributed by atoms with Gasteiger partial charge in [-0.05, 0) is 24.8 Å². The minimum absolute atomic E-state index is 0.375. The van der Waals surface area contributed by atoms with Crippen LogP contribution in [0.4, 0.5) is 0 Å². The van der Waals surface area contributed by atoms with Crippen LogP contribution >= 0.6 is 11.6 Å². The smallest absolute Gasteiger partial charge is 0.165 e. The molecule has 0 radical (unpaired) electrons. The van der Waals surface area contributed by atoms with Crippen LogP contribution in [0.1, 0.15) is 18.4 Å². The van der Waals surface area contributed by atoms with Gasteiger partial charge in [0.1, 0.15) is 0 Å². The van der Waals surface area contributed by atoms with Gasteiger partial charge in [-0.1, -0.05) is 11.6 Å². The summed E-state index contributed by atoms with van der Waals surface area (Å²) in [5, 5.41) is 0.607. The van der Waals surface area contributed by atoms with Gasteiger partial charge in [-0.3, -0.25) is 0 Å². The van der Waals surface area contributed by atoms with E-state index in [-0.39, 0.29) is 0 Å². The highest BCUT2D eigenvalue weighted by Crippen LogP contribution is 2.35. The predicted molar refractivity (Wildman–Crippen MR) is 74.9 cm³/mol. The van der Waals surface area contributed by atoms with Crippen molar-refractivity contribution in [3.05, 3.63) is 22.7 Å². The number of halogens is 1. The first-order valence-electron chi connectivity index (χ1n) is 6.51. The number of hydrogen-bond donors (Lipinski definition) is 1. The molecule has 1 aromatic carbocycles. The van der Waals surface area contributed by atoms with Crippen molar-refractivity contribution in [3.8, 4) is 11.5 Å². The Bertz CT molecular complexity index is 394. The van der Waals surface area contributed by atoms with E-state index >= 15 is 0 Å². The molecule has 5 heteroatoms. The van der Waals surface area contributed by atoms with E-state index in [1.54, 1.807) is 13.2 Å². The fourth-order valence-electron chi connectivity index (χ4n) is 2.20. The van der Waals surface area contributed by atoms with E-state index in [0.29, 0.717) is 35.6 Å². The second-order valence-electron chi connectivity index (χ2n) is 4.67. The maximum absolute atomic E-state index is 6.02. The topological polar surface area (TPSA) is 53.7 Å². The molecule has 1 heterocycles. The van der Waals surface area contributed by atoms with Gasteiger partial charge in [0.2, 0.25) is 0 Å². The molecule has 1 aromatic rings. The highest BCUT2D eigenvalue weighted by Gasteiger charge is 2.17. The maximum Gasteiger partial charge on any atom is 0.165 e. The fourth-order valence-corrected chi connectivity index (χ4v) is 2.43. The Labute approximate surface area is 118 Å². The number of rotatable bonds is 5. The zero-order chi connectivity index (χ0) is 13.7. The van der Waals surface area contributed by atoms with Gasteiger partial charge in [-0.2, -0.15) is 0 Å². The summed E-state index contributed by atoms with van der Waals surface area (Å²) in [4.78, 5) is 0. The molecule has 1 aliphatic heterocycles. The second kappa shape index (κ2) is 6.98. The molecule has 0 bridgehead atoms. The standard InChI is InChI=1S/C14H20ClNO3/c1-17-13-7-12(15)6-11(8-16)14(13)19-9-10-2-4-18-5-3-10/h6-7,10H,2-5,8-9,16H2,1H3. The number of hydrogen-bond acceptors (Lipinski definition) is 4. The molecule has 0 unspecified atom stereocenters. The number of ether oxygens (including phenoxy) is 3. The van der Waals surface area contributed by atoms with Crippen LogP contribution in [0.2, 0.25) is 5.02 Å². The van der Waals surface area contributed by atoms with Gasteiger partial charge in [0.15, 0.2) is 11.5 Å². The normalized spacial score (nSPS) is 16.4. The van der Waals surface area contributed by atoms with E-state index in [9.17, 15) is 0 Å². The maximum atomic E-state index is 6.02. The molecule has 0 saturated carbocycles. The third-order valence-electron chi connectivity index (χ3n) is 3.34. The molecular formula is C14H20ClNO3. The lowest BCUT2D eigenvalue weighted by Crippen LogP contribution is -2.22. The van der Waals surface area contributed by atoms with Crippen molar-refractivity contribution in [1.29, 1.82) is 0 Å². The van der Waals surface area contributed by atoms with Gasteiger partial charge in [0.05, 0.1) is 13.7 Å². The van der Waals surface area contributed by atoms with Crippen LogP contribution in [-0.2, 0) is 11.3 Å². The first-order valence-corrected chi connectivity index (χ1v) is 6.89. The van der Waals surface area contributed by atoms with E-state index in [0.717, 1.165) is 31.6 Å². The number of benzene rings is 1. The van der Waals surface area contributed by atoms with Crippen molar-refractivity contribution in [2.24, 2.45) is 11.7 Å². The Morgan fingerprint density at radius 2 is 2.11 bits per heavy atom. The van der Waals surface area contributed by atoms with Gasteiger partial charge in [0.25, 0.3) is 0 Å². The van der Waals surface area contributed by atoms with Gasteiger partial charge in [-0.15, -0.1) is 0 Å². The van der Waals surface area contributed by atoms with Crippen molar-refractivity contribution in [2.45, 2.75) is 19.4 Å². The first kappa shape index (κ1) is 14.4. The monoisotopic (exact) mass is 285 g/mol. The van der Waals surface area contributed by atoms with Crippen LogP contribution in [0.25, 0.3) is 0 Å². The fraction of sp³-hybridized carbons (Fsp3) is 0.571. The van der Waals surface area contributed by atoms with Crippen LogP contribution in [-0.4, -0.2) is 26.9 Å². The second-order valence-corrected chi connectivity index (χ2v) is 5.10. The summed E-state index contributed by atoms with van der Waals surface area (Å²) < 4.78 is 16.6. The molecule has 0 aromatic heterocycles. The van der Waals surface area contributed by atoms with Gasteiger partial charge < -0.3 is 19.9 Å². The Hall–Kier alpha value is -0.970. The molecule has 1 aliphatic rings. The third kappa shape index (κ3) is 3.75. The van der Waals surface area contributed by atoms with E-state index in [1.807, 2.05) is 6.07 Å². The summed E-state index contributed by atoms with van der Waals surface area (Å²) in [5.41, 5.74) is 6.61. The molecule has 0 atom stereocenters. The van der Waals surface area contributed by atoms with Crippen LogP contribution in [0, 0.1) is 5.92 Å². The Morgan fingerprint density at radius 3 is 2.74 bits per heavy atom. The van der Waals surface area contributed by atoms with Crippen LogP contribution < -0.4 is 15.2 Å². The van der Waals surface area contributed by atoms with E-state index in [2.05, 4.69) is 0 Å². The van der Waals surface area contributed by atoms with Gasteiger partial charge in [-0.25, -0.2) is 0 Å². The summed E-state index contributed by atoms with van der Waals surface area (Å²) in [5.74, 6) is 1.88. The summed E-state index contributed by atoms with van der Waals surface area (Å²) in [6, 6.07) is 3.57.